The monoisotopic (exact) mass is 519 g/mol. The van der Waals surface area contributed by atoms with Crippen LogP contribution in [-0.4, -0.2) is 52.0 Å². The number of nitrogens with zero attached hydrogens (tertiary/aromatic N) is 3. The second kappa shape index (κ2) is 12.2. The summed E-state index contributed by atoms with van der Waals surface area (Å²) in [4.78, 5) is 49.1. The van der Waals surface area contributed by atoms with Crippen molar-refractivity contribution >= 4 is 51.9 Å². The van der Waals surface area contributed by atoms with Crippen molar-refractivity contribution in [3.63, 3.8) is 0 Å². The minimum absolute atomic E-state index is 0.0758. The minimum Gasteiger partial charge on any atom is -0.356 e. The first-order chi connectivity index (χ1) is 17.9. The van der Waals surface area contributed by atoms with Crippen molar-refractivity contribution in [2.75, 3.05) is 17.6 Å². The van der Waals surface area contributed by atoms with E-state index in [1.165, 1.54) is 22.2 Å². The predicted octanol–water partition coefficient (Wildman–Crippen LogP) is 4.84. The second-order valence-electron chi connectivity index (χ2n) is 9.41. The molecule has 4 rings (SSSR count). The van der Waals surface area contributed by atoms with Gasteiger partial charge in [-0.2, -0.15) is 0 Å². The van der Waals surface area contributed by atoms with Crippen LogP contribution in [-0.2, 0) is 14.4 Å². The summed E-state index contributed by atoms with van der Waals surface area (Å²) in [6.45, 7) is 6.95. The molecular weight excluding hydrogens is 486 g/mol. The number of aliphatic imine (C=N–C) groups is 2. The Morgan fingerprint density at radius 2 is 1.84 bits per heavy atom. The van der Waals surface area contributed by atoms with E-state index in [1.54, 1.807) is 0 Å². The summed E-state index contributed by atoms with van der Waals surface area (Å²) in [6.07, 6.45) is 2.48. The quantitative estimate of drug-likeness (QED) is 0.439. The molecule has 0 fully saturated rings. The van der Waals surface area contributed by atoms with Crippen molar-refractivity contribution in [1.82, 2.24) is 10.2 Å². The first-order valence-electron chi connectivity index (χ1n) is 12.8. The number of benzene rings is 2. The van der Waals surface area contributed by atoms with Gasteiger partial charge in [-0.1, -0.05) is 63.2 Å². The van der Waals surface area contributed by atoms with E-state index in [4.69, 9.17) is 0 Å². The molecule has 37 heavy (non-hydrogen) atoms. The van der Waals surface area contributed by atoms with E-state index in [2.05, 4.69) is 41.4 Å². The number of unbranched alkanes of at least 4 members (excludes halogenated alkanes) is 1. The molecule has 194 valence electrons. The number of rotatable bonds is 10. The van der Waals surface area contributed by atoms with Gasteiger partial charge in [-0.3, -0.25) is 19.4 Å². The summed E-state index contributed by atoms with van der Waals surface area (Å²) in [6, 6.07) is 14.6. The Morgan fingerprint density at radius 1 is 1.08 bits per heavy atom. The molecule has 2 aliphatic heterocycles. The molecule has 2 aromatic rings. The van der Waals surface area contributed by atoms with E-state index in [0.717, 1.165) is 24.1 Å². The zero-order chi connectivity index (χ0) is 26.4. The summed E-state index contributed by atoms with van der Waals surface area (Å²) < 4.78 is 0. The lowest BCUT2D eigenvalue weighted by Gasteiger charge is -2.25. The largest absolute Gasteiger partial charge is 0.356 e. The van der Waals surface area contributed by atoms with Crippen molar-refractivity contribution < 1.29 is 14.4 Å². The number of amides is 3. The second-order valence-corrected chi connectivity index (χ2v) is 10.4. The van der Waals surface area contributed by atoms with Crippen molar-refractivity contribution in [3.8, 4) is 0 Å². The maximum absolute atomic E-state index is 13.3. The number of hydrogen-bond donors (Lipinski definition) is 2. The average Bonchev–Trinajstić information content (AvgIpc) is 3.23. The highest BCUT2D eigenvalue weighted by Gasteiger charge is 2.41. The number of anilines is 1. The number of carbonyl (C=O) groups is 3. The van der Waals surface area contributed by atoms with Crippen molar-refractivity contribution in [2.24, 2.45) is 9.98 Å². The van der Waals surface area contributed by atoms with E-state index < -0.39 is 6.04 Å². The molecule has 0 aromatic heterocycles. The molecule has 0 bridgehead atoms. The molecule has 0 aliphatic carbocycles. The Bertz CT molecular complexity index is 1220. The highest BCUT2D eigenvalue weighted by Crippen LogP contribution is 2.34. The van der Waals surface area contributed by atoms with E-state index in [1.807, 2.05) is 48.5 Å². The van der Waals surface area contributed by atoms with E-state index >= 15 is 0 Å². The molecule has 0 saturated carbocycles. The molecule has 0 spiro atoms. The fraction of sp³-hybridized carbons (Fsp3) is 0.393. The fourth-order valence-electron chi connectivity index (χ4n) is 4.13. The Morgan fingerprint density at radius 3 is 2.57 bits per heavy atom. The molecule has 2 N–H and O–H groups in total. The van der Waals surface area contributed by atoms with Crippen LogP contribution in [0.1, 0.15) is 63.5 Å². The van der Waals surface area contributed by atoms with Crippen LogP contribution >= 0.6 is 11.8 Å². The summed E-state index contributed by atoms with van der Waals surface area (Å²) in [5, 5.41) is 6.21. The van der Waals surface area contributed by atoms with Crippen LogP contribution in [0.5, 0.6) is 0 Å². The Kier molecular flexibility index (Phi) is 8.76. The number of para-hydroxylation sites is 1. The predicted molar refractivity (Wildman–Crippen MR) is 149 cm³/mol. The lowest BCUT2D eigenvalue weighted by Crippen LogP contribution is -2.41. The van der Waals surface area contributed by atoms with Gasteiger partial charge in [0, 0.05) is 24.2 Å². The van der Waals surface area contributed by atoms with Gasteiger partial charge >= 0.3 is 0 Å². The lowest BCUT2D eigenvalue weighted by atomic mass is 10.0. The SMILES string of the molecule is CCCCNC(=O)CCC1N=C2c3ccccc3N=C(SCC(=O)Nc3ccc(C(C)C)cc3)N2C1=O. The molecule has 8 nitrogen and oxygen atoms in total. The Labute approximate surface area is 222 Å². The van der Waals surface area contributed by atoms with Crippen LogP contribution in [0.2, 0.25) is 0 Å². The van der Waals surface area contributed by atoms with Gasteiger partial charge in [0.25, 0.3) is 5.91 Å². The van der Waals surface area contributed by atoms with Gasteiger partial charge in [-0.15, -0.1) is 0 Å². The number of carbonyl (C=O) groups excluding carboxylic acids is 3. The number of thioether (sulfide) groups is 1. The summed E-state index contributed by atoms with van der Waals surface area (Å²) in [5.74, 6) is 0.554. The third-order valence-corrected chi connectivity index (χ3v) is 7.18. The number of amidine groups is 2. The Hall–Kier alpha value is -3.46. The first-order valence-corrected chi connectivity index (χ1v) is 13.7. The van der Waals surface area contributed by atoms with Crippen LogP contribution in [0, 0.1) is 0 Å². The van der Waals surface area contributed by atoms with Crippen LogP contribution in [0.15, 0.2) is 58.5 Å². The lowest BCUT2D eigenvalue weighted by molar-refractivity contribution is -0.125. The van der Waals surface area contributed by atoms with Gasteiger partial charge in [-0.25, -0.2) is 9.89 Å². The van der Waals surface area contributed by atoms with E-state index in [9.17, 15) is 14.4 Å². The molecule has 9 heteroatoms. The first kappa shape index (κ1) is 26.6. The highest BCUT2D eigenvalue weighted by molar-refractivity contribution is 8.14. The highest BCUT2D eigenvalue weighted by atomic mass is 32.2. The van der Waals surface area contributed by atoms with E-state index in [-0.39, 0.29) is 29.9 Å². The van der Waals surface area contributed by atoms with Crippen molar-refractivity contribution in [3.05, 3.63) is 59.7 Å². The smallest absolute Gasteiger partial charge is 0.259 e. The molecule has 2 heterocycles. The molecular formula is C28H33N5O3S. The fourth-order valence-corrected chi connectivity index (χ4v) is 4.93. The van der Waals surface area contributed by atoms with Crippen LogP contribution in [0.3, 0.4) is 0 Å². The van der Waals surface area contributed by atoms with Gasteiger partial charge in [0.1, 0.15) is 11.9 Å². The van der Waals surface area contributed by atoms with Crippen LogP contribution in [0.4, 0.5) is 11.4 Å². The maximum Gasteiger partial charge on any atom is 0.259 e. The van der Waals surface area contributed by atoms with Gasteiger partial charge < -0.3 is 10.6 Å². The molecule has 0 saturated heterocycles. The van der Waals surface area contributed by atoms with E-state index in [0.29, 0.717) is 35.6 Å². The number of fused-ring (bicyclic) bond motifs is 3. The van der Waals surface area contributed by atoms with Gasteiger partial charge in [0.15, 0.2) is 5.17 Å². The summed E-state index contributed by atoms with van der Waals surface area (Å²) in [7, 11) is 0. The maximum atomic E-state index is 13.3. The van der Waals surface area contributed by atoms with Gasteiger partial charge in [0.05, 0.1) is 11.4 Å². The molecule has 3 amide bonds. The summed E-state index contributed by atoms with van der Waals surface area (Å²) in [5.41, 5.74) is 3.40. The average molecular weight is 520 g/mol. The molecule has 0 radical (unpaired) electrons. The minimum atomic E-state index is -0.655. The molecule has 2 aliphatic rings. The third-order valence-electron chi connectivity index (χ3n) is 6.24. The topological polar surface area (TPSA) is 103 Å². The molecule has 1 atom stereocenters. The Balaban J connectivity index is 1.42. The van der Waals surface area contributed by atoms with Crippen molar-refractivity contribution in [2.45, 2.75) is 58.4 Å². The van der Waals surface area contributed by atoms with Crippen LogP contribution < -0.4 is 10.6 Å². The zero-order valence-corrected chi connectivity index (χ0v) is 22.3. The normalized spacial score (nSPS) is 16.2. The third kappa shape index (κ3) is 6.46. The van der Waals surface area contributed by atoms with Gasteiger partial charge in [-0.05, 0) is 48.6 Å². The molecule has 2 aromatic carbocycles. The summed E-state index contributed by atoms with van der Waals surface area (Å²) >= 11 is 1.20. The van der Waals surface area contributed by atoms with Crippen molar-refractivity contribution in [1.29, 1.82) is 0 Å². The van der Waals surface area contributed by atoms with Crippen LogP contribution in [0.25, 0.3) is 0 Å². The number of hydrogen-bond acceptors (Lipinski definition) is 6. The van der Waals surface area contributed by atoms with Gasteiger partial charge in [0.2, 0.25) is 11.8 Å². The molecule has 1 unspecified atom stereocenters. The number of nitrogens with one attached hydrogen (secondary N) is 2. The zero-order valence-electron chi connectivity index (χ0n) is 21.5. The standard InChI is InChI=1S/C28H33N5O3S/c1-4-5-16-29-24(34)15-14-23-27(36)33-26(31-23)21-8-6-7-9-22(21)32-28(33)37-17-25(35)30-20-12-10-19(11-13-20)18(2)3/h6-13,18,23H,4-5,14-17H2,1-3H3,(H,29,34)(H,30,35).